The monoisotopic (exact) mass is 160 g/mol. The van der Waals surface area contributed by atoms with Crippen molar-refractivity contribution < 1.29 is 0 Å². The molecule has 0 fully saturated rings. The van der Waals surface area contributed by atoms with E-state index in [0.717, 1.165) is 0 Å². The lowest BCUT2D eigenvalue weighted by molar-refractivity contribution is 0.804. The SMILES string of the molecule is CC(Cl)(CCl)CCl. The summed E-state index contributed by atoms with van der Waals surface area (Å²) < 4.78 is 0. The fraction of sp³-hybridized carbons (Fsp3) is 1.00. The molecule has 0 amide bonds. The van der Waals surface area contributed by atoms with Crippen LogP contribution < -0.4 is 0 Å². The van der Waals surface area contributed by atoms with Crippen LogP contribution >= 0.6 is 34.8 Å². The lowest BCUT2D eigenvalue weighted by atomic mass is 10.2. The van der Waals surface area contributed by atoms with E-state index in [1.165, 1.54) is 0 Å². The van der Waals surface area contributed by atoms with Crippen molar-refractivity contribution in [2.75, 3.05) is 11.8 Å². The molecule has 7 heavy (non-hydrogen) atoms. The first kappa shape index (κ1) is 7.87. The van der Waals surface area contributed by atoms with Gasteiger partial charge >= 0.3 is 0 Å². The molecule has 0 saturated carbocycles. The first-order valence-electron chi connectivity index (χ1n) is 1.93. The average Bonchev–Trinajstić information content (AvgIpc) is 1.68. The van der Waals surface area contributed by atoms with Crippen LogP contribution in [0.5, 0.6) is 0 Å². The highest BCUT2D eigenvalue weighted by atomic mass is 35.5. The van der Waals surface area contributed by atoms with E-state index >= 15 is 0 Å². The number of hydrogen-bond donors (Lipinski definition) is 0. The smallest absolute Gasteiger partial charge is 0.0688 e. The van der Waals surface area contributed by atoms with Gasteiger partial charge in [0.05, 0.1) is 4.87 Å². The molecule has 0 aliphatic carbocycles. The standard InChI is InChI=1S/C4H7Cl3/c1-4(7,2-5)3-6/h2-3H2,1H3. The Morgan fingerprint density at radius 1 is 1.29 bits per heavy atom. The second-order valence-corrected chi connectivity index (χ2v) is 3.13. The van der Waals surface area contributed by atoms with Crippen LogP contribution in [0.25, 0.3) is 0 Å². The molecular formula is C4H7Cl3. The Balaban J connectivity index is 3.36. The van der Waals surface area contributed by atoms with E-state index in [9.17, 15) is 0 Å². The maximum Gasteiger partial charge on any atom is 0.0688 e. The van der Waals surface area contributed by atoms with Gasteiger partial charge in [0.2, 0.25) is 0 Å². The highest BCUT2D eigenvalue weighted by molar-refractivity contribution is 6.34. The fourth-order valence-electron chi connectivity index (χ4n) is 0.0357. The molecule has 0 radical (unpaired) electrons. The lowest BCUT2D eigenvalue weighted by Gasteiger charge is -2.12. The Morgan fingerprint density at radius 2 is 1.57 bits per heavy atom. The van der Waals surface area contributed by atoms with Crippen LogP contribution in [-0.2, 0) is 0 Å². The van der Waals surface area contributed by atoms with E-state index in [1.54, 1.807) is 6.92 Å². The Kier molecular flexibility index (Phi) is 3.38. The van der Waals surface area contributed by atoms with Crippen LogP contribution in [0.3, 0.4) is 0 Å². The minimum atomic E-state index is -0.414. The number of halogens is 3. The van der Waals surface area contributed by atoms with E-state index in [4.69, 9.17) is 34.8 Å². The van der Waals surface area contributed by atoms with Gasteiger partial charge in [0.15, 0.2) is 0 Å². The number of rotatable bonds is 2. The molecule has 3 heteroatoms. The summed E-state index contributed by atoms with van der Waals surface area (Å²) in [6.07, 6.45) is 0. The molecular weight excluding hydrogens is 154 g/mol. The number of hydrogen-bond acceptors (Lipinski definition) is 0. The third-order valence-electron chi connectivity index (χ3n) is 0.557. The predicted octanol–water partition coefficient (Wildman–Crippen LogP) is 2.46. The van der Waals surface area contributed by atoms with Crippen LogP contribution in [-0.4, -0.2) is 16.6 Å². The van der Waals surface area contributed by atoms with Crippen LogP contribution in [0.4, 0.5) is 0 Å². The highest BCUT2D eigenvalue weighted by Gasteiger charge is 2.16. The number of alkyl halides is 3. The normalized spacial score (nSPS) is 12.0. The van der Waals surface area contributed by atoms with Gasteiger partial charge < -0.3 is 0 Å². The lowest BCUT2D eigenvalue weighted by Crippen LogP contribution is -2.19. The molecule has 0 saturated heterocycles. The third-order valence-corrected chi connectivity index (χ3v) is 2.28. The van der Waals surface area contributed by atoms with Crippen molar-refractivity contribution in [1.82, 2.24) is 0 Å². The molecule has 0 aromatic heterocycles. The van der Waals surface area contributed by atoms with Crippen LogP contribution in [0.15, 0.2) is 0 Å². The van der Waals surface area contributed by atoms with Gasteiger partial charge in [-0.25, -0.2) is 0 Å². The summed E-state index contributed by atoms with van der Waals surface area (Å²) in [4.78, 5) is -0.414. The van der Waals surface area contributed by atoms with E-state index in [-0.39, 0.29) is 0 Å². The molecule has 0 nitrogen and oxygen atoms in total. The van der Waals surface area contributed by atoms with Crippen LogP contribution in [0, 0.1) is 0 Å². The van der Waals surface area contributed by atoms with Crippen molar-refractivity contribution in [3.05, 3.63) is 0 Å². The van der Waals surface area contributed by atoms with Gasteiger partial charge in [-0.2, -0.15) is 0 Å². The molecule has 0 aliphatic rings. The first-order valence-corrected chi connectivity index (χ1v) is 3.38. The van der Waals surface area contributed by atoms with Crippen molar-refractivity contribution in [3.63, 3.8) is 0 Å². The van der Waals surface area contributed by atoms with E-state index in [2.05, 4.69) is 0 Å². The van der Waals surface area contributed by atoms with E-state index < -0.39 is 4.87 Å². The summed E-state index contributed by atoms with van der Waals surface area (Å²) in [6.45, 7) is 1.80. The Bertz CT molecular complexity index is 44.9. The minimum absolute atomic E-state index is 0.401. The zero-order valence-electron chi connectivity index (χ0n) is 4.05. The zero-order chi connectivity index (χ0) is 5.91. The van der Waals surface area contributed by atoms with Crippen molar-refractivity contribution in [2.24, 2.45) is 0 Å². The molecule has 0 unspecified atom stereocenters. The minimum Gasteiger partial charge on any atom is -0.125 e. The summed E-state index contributed by atoms with van der Waals surface area (Å²) in [6, 6.07) is 0. The maximum absolute atomic E-state index is 5.64. The summed E-state index contributed by atoms with van der Waals surface area (Å²) in [5.41, 5.74) is 0. The Hall–Kier alpha value is 0.870. The molecule has 0 atom stereocenters. The summed E-state index contributed by atoms with van der Waals surface area (Å²) >= 11 is 16.4. The Labute approximate surface area is 58.7 Å². The molecule has 0 N–H and O–H groups in total. The summed E-state index contributed by atoms with van der Waals surface area (Å²) in [5, 5.41) is 0. The van der Waals surface area contributed by atoms with Crippen molar-refractivity contribution in [3.8, 4) is 0 Å². The molecule has 0 aromatic rings. The van der Waals surface area contributed by atoms with E-state index in [1.807, 2.05) is 0 Å². The topological polar surface area (TPSA) is 0 Å². The van der Waals surface area contributed by atoms with Gasteiger partial charge in [-0.3, -0.25) is 0 Å². The fourth-order valence-corrected chi connectivity index (χ4v) is 0.321. The predicted molar refractivity (Wildman–Crippen MR) is 35.7 cm³/mol. The van der Waals surface area contributed by atoms with E-state index in [0.29, 0.717) is 11.8 Å². The summed E-state index contributed by atoms with van der Waals surface area (Å²) in [7, 11) is 0. The van der Waals surface area contributed by atoms with Gasteiger partial charge in [0.25, 0.3) is 0 Å². The Morgan fingerprint density at radius 3 is 1.57 bits per heavy atom. The molecule has 0 heterocycles. The molecule has 44 valence electrons. The van der Waals surface area contributed by atoms with Gasteiger partial charge in [0, 0.05) is 11.8 Å². The quantitative estimate of drug-likeness (QED) is 0.546. The van der Waals surface area contributed by atoms with Gasteiger partial charge in [-0.15, -0.1) is 34.8 Å². The zero-order valence-corrected chi connectivity index (χ0v) is 6.32. The van der Waals surface area contributed by atoms with Gasteiger partial charge in [-0.1, -0.05) is 0 Å². The second-order valence-electron chi connectivity index (χ2n) is 1.68. The first-order chi connectivity index (χ1) is 3.12. The van der Waals surface area contributed by atoms with Crippen molar-refractivity contribution in [1.29, 1.82) is 0 Å². The van der Waals surface area contributed by atoms with Crippen molar-refractivity contribution in [2.45, 2.75) is 11.8 Å². The average molecular weight is 161 g/mol. The summed E-state index contributed by atoms with van der Waals surface area (Å²) in [5.74, 6) is 0.802. The molecule has 0 bridgehead atoms. The van der Waals surface area contributed by atoms with Gasteiger partial charge in [0.1, 0.15) is 0 Å². The van der Waals surface area contributed by atoms with Crippen LogP contribution in [0.1, 0.15) is 6.92 Å². The second kappa shape index (κ2) is 3.01. The third kappa shape index (κ3) is 3.45. The highest BCUT2D eigenvalue weighted by Crippen LogP contribution is 2.16. The molecule has 0 aromatic carbocycles. The molecule has 0 aliphatic heterocycles. The van der Waals surface area contributed by atoms with Gasteiger partial charge in [-0.05, 0) is 6.92 Å². The largest absolute Gasteiger partial charge is 0.125 e. The maximum atomic E-state index is 5.64. The van der Waals surface area contributed by atoms with Crippen molar-refractivity contribution >= 4 is 34.8 Å². The molecule has 0 rings (SSSR count). The van der Waals surface area contributed by atoms with Crippen LogP contribution in [0.2, 0.25) is 0 Å². The molecule has 0 spiro atoms.